The van der Waals surface area contributed by atoms with Crippen LogP contribution in [0.2, 0.25) is 0 Å². The van der Waals surface area contributed by atoms with E-state index in [0.29, 0.717) is 5.71 Å². The van der Waals surface area contributed by atoms with E-state index in [1.807, 2.05) is 6.20 Å². The second kappa shape index (κ2) is 7.59. The molecule has 0 aliphatic carbocycles. The SMILES string of the molecule is c1ccc2c(c1)c1ccccc1n2-c1ccc2oc3ncc(-n4c5ccccc5c5ccccc54)cc3c2c1. The number of hydrogen-bond acceptors (Lipinski definition) is 2. The molecule has 0 N–H and O–H groups in total. The predicted octanol–water partition coefficient (Wildman–Crippen LogP) is 9.18. The van der Waals surface area contributed by atoms with Gasteiger partial charge < -0.3 is 13.6 Å². The van der Waals surface area contributed by atoms with Gasteiger partial charge in [-0.15, -0.1) is 0 Å². The van der Waals surface area contributed by atoms with E-state index in [-0.39, 0.29) is 0 Å². The van der Waals surface area contributed by atoms with Crippen LogP contribution in [-0.2, 0) is 0 Å². The van der Waals surface area contributed by atoms with Crippen molar-refractivity contribution in [2.24, 2.45) is 0 Å². The van der Waals surface area contributed by atoms with Gasteiger partial charge in [-0.3, -0.25) is 0 Å². The fraction of sp³-hybridized carbons (Fsp3) is 0. The molecule has 4 heteroatoms. The van der Waals surface area contributed by atoms with Crippen LogP contribution in [0.1, 0.15) is 0 Å². The molecule has 0 aliphatic heterocycles. The highest BCUT2D eigenvalue weighted by Crippen LogP contribution is 2.37. The number of fused-ring (bicyclic) bond motifs is 9. The summed E-state index contributed by atoms with van der Waals surface area (Å²) in [5, 5.41) is 7.03. The summed E-state index contributed by atoms with van der Waals surface area (Å²) in [7, 11) is 0. The highest BCUT2D eigenvalue weighted by atomic mass is 16.3. The number of aromatic nitrogens is 3. The summed E-state index contributed by atoms with van der Waals surface area (Å²) >= 11 is 0. The third-order valence-electron chi connectivity index (χ3n) is 7.97. The summed E-state index contributed by atoms with van der Waals surface area (Å²) in [5.74, 6) is 0. The molecule has 0 spiro atoms. The molecule has 9 aromatic rings. The number of nitrogens with zero attached hydrogens (tertiary/aromatic N) is 3. The van der Waals surface area contributed by atoms with Gasteiger partial charge in [-0.25, -0.2) is 4.98 Å². The summed E-state index contributed by atoms with van der Waals surface area (Å²) in [6.45, 7) is 0. The molecule has 0 fully saturated rings. The van der Waals surface area contributed by atoms with Crippen LogP contribution in [0.25, 0.3) is 77.1 Å². The zero-order chi connectivity index (χ0) is 25.5. The summed E-state index contributed by atoms with van der Waals surface area (Å²) in [5.41, 5.74) is 8.31. The third kappa shape index (κ3) is 2.80. The monoisotopic (exact) mass is 499 g/mol. The number of furan rings is 1. The van der Waals surface area contributed by atoms with Crippen LogP contribution in [0, 0.1) is 0 Å². The number of hydrogen-bond donors (Lipinski definition) is 0. The minimum atomic E-state index is 0.647. The van der Waals surface area contributed by atoms with E-state index in [0.717, 1.165) is 27.7 Å². The van der Waals surface area contributed by atoms with Crippen molar-refractivity contribution in [1.29, 1.82) is 0 Å². The second-order valence-electron chi connectivity index (χ2n) is 10.1. The Morgan fingerprint density at radius 2 is 0.897 bits per heavy atom. The minimum absolute atomic E-state index is 0.647. The zero-order valence-electron chi connectivity index (χ0n) is 20.9. The van der Waals surface area contributed by atoms with Crippen LogP contribution in [0.5, 0.6) is 0 Å². The fourth-order valence-electron chi connectivity index (χ4n) is 6.30. The highest BCUT2D eigenvalue weighted by Gasteiger charge is 2.17. The van der Waals surface area contributed by atoms with E-state index in [2.05, 4.69) is 130 Å². The van der Waals surface area contributed by atoms with E-state index < -0.39 is 0 Å². The highest BCUT2D eigenvalue weighted by molar-refractivity contribution is 6.11. The van der Waals surface area contributed by atoms with E-state index in [9.17, 15) is 0 Å². The average Bonchev–Trinajstić information content (AvgIpc) is 3.64. The van der Waals surface area contributed by atoms with Gasteiger partial charge in [0.15, 0.2) is 0 Å². The smallest absolute Gasteiger partial charge is 0.227 e. The van der Waals surface area contributed by atoms with Gasteiger partial charge in [0, 0.05) is 32.6 Å². The summed E-state index contributed by atoms with van der Waals surface area (Å²) in [6, 6.07) is 42.9. The first kappa shape index (κ1) is 20.7. The van der Waals surface area contributed by atoms with E-state index in [1.54, 1.807) is 0 Å². The van der Waals surface area contributed by atoms with E-state index in [4.69, 9.17) is 9.40 Å². The molecule has 0 saturated carbocycles. The molecule has 0 amide bonds. The normalized spacial score (nSPS) is 12.1. The summed E-state index contributed by atoms with van der Waals surface area (Å²) in [6.07, 6.45) is 1.91. The minimum Gasteiger partial charge on any atom is -0.438 e. The van der Waals surface area contributed by atoms with Gasteiger partial charge in [0.1, 0.15) is 5.58 Å². The lowest BCUT2D eigenvalue weighted by Crippen LogP contribution is -1.95. The van der Waals surface area contributed by atoms with Gasteiger partial charge >= 0.3 is 0 Å². The molecule has 5 aromatic carbocycles. The van der Waals surface area contributed by atoms with Gasteiger partial charge in [-0.2, -0.15) is 0 Å². The van der Waals surface area contributed by atoms with Gasteiger partial charge in [0.05, 0.1) is 39.3 Å². The molecule has 4 heterocycles. The molecule has 39 heavy (non-hydrogen) atoms. The molecule has 0 atom stereocenters. The van der Waals surface area contributed by atoms with Crippen molar-refractivity contribution < 1.29 is 4.42 Å². The van der Waals surface area contributed by atoms with Crippen molar-refractivity contribution in [3.8, 4) is 11.4 Å². The van der Waals surface area contributed by atoms with Gasteiger partial charge in [-0.05, 0) is 48.5 Å². The first-order valence-electron chi connectivity index (χ1n) is 13.1. The molecule has 0 unspecified atom stereocenters. The number of benzene rings is 5. The molecular formula is C35H21N3O. The second-order valence-corrected chi connectivity index (χ2v) is 10.1. The Kier molecular flexibility index (Phi) is 4.02. The Morgan fingerprint density at radius 3 is 1.44 bits per heavy atom. The maximum absolute atomic E-state index is 6.22. The molecule has 0 saturated heterocycles. The Bertz CT molecular complexity index is 2130. The standard InChI is InChI=1S/C35H21N3O/c1-5-13-30-24(9-1)25-10-2-6-14-31(25)37(30)22-17-18-34-28(19-22)29-20-23(21-36-35(29)39-34)38-32-15-7-3-11-26(32)27-12-4-8-16-33(27)38/h1-21H. The van der Waals surface area contributed by atoms with Crippen LogP contribution in [0.15, 0.2) is 132 Å². The maximum atomic E-state index is 6.22. The van der Waals surface area contributed by atoms with Crippen LogP contribution in [0.4, 0.5) is 0 Å². The molecular weight excluding hydrogens is 478 g/mol. The van der Waals surface area contributed by atoms with Crippen molar-refractivity contribution in [3.63, 3.8) is 0 Å². The molecule has 0 aliphatic rings. The number of pyridine rings is 1. The Hall–Kier alpha value is -5.35. The van der Waals surface area contributed by atoms with Crippen LogP contribution in [0.3, 0.4) is 0 Å². The average molecular weight is 500 g/mol. The van der Waals surface area contributed by atoms with Crippen LogP contribution < -0.4 is 0 Å². The molecule has 4 aromatic heterocycles. The maximum Gasteiger partial charge on any atom is 0.227 e. The lowest BCUT2D eigenvalue weighted by molar-refractivity contribution is 0.654. The van der Waals surface area contributed by atoms with Crippen molar-refractivity contribution in [1.82, 2.24) is 14.1 Å². The quantitative estimate of drug-likeness (QED) is 0.238. The van der Waals surface area contributed by atoms with E-state index >= 15 is 0 Å². The van der Waals surface area contributed by atoms with E-state index in [1.165, 1.54) is 43.6 Å². The molecule has 9 rings (SSSR count). The van der Waals surface area contributed by atoms with Crippen molar-refractivity contribution >= 4 is 65.7 Å². The van der Waals surface area contributed by atoms with Crippen molar-refractivity contribution in [2.45, 2.75) is 0 Å². The van der Waals surface area contributed by atoms with Crippen molar-refractivity contribution in [2.75, 3.05) is 0 Å². The van der Waals surface area contributed by atoms with Crippen LogP contribution in [-0.4, -0.2) is 14.1 Å². The lowest BCUT2D eigenvalue weighted by atomic mass is 10.1. The number of para-hydroxylation sites is 4. The van der Waals surface area contributed by atoms with Gasteiger partial charge in [-0.1, -0.05) is 72.8 Å². The molecule has 182 valence electrons. The molecule has 4 nitrogen and oxygen atoms in total. The lowest BCUT2D eigenvalue weighted by Gasteiger charge is -2.08. The van der Waals surface area contributed by atoms with Crippen molar-refractivity contribution in [3.05, 3.63) is 128 Å². The Labute approximate surface area is 222 Å². The van der Waals surface area contributed by atoms with Crippen LogP contribution >= 0.6 is 0 Å². The molecule has 0 bridgehead atoms. The summed E-state index contributed by atoms with van der Waals surface area (Å²) < 4.78 is 10.9. The van der Waals surface area contributed by atoms with Gasteiger partial charge in [0.25, 0.3) is 0 Å². The zero-order valence-corrected chi connectivity index (χ0v) is 20.9. The fourth-order valence-corrected chi connectivity index (χ4v) is 6.30. The first-order chi connectivity index (χ1) is 19.3. The van der Waals surface area contributed by atoms with Gasteiger partial charge in [0.2, 0.25) is 5.71 Å². The number of rotatable bonds is 2. The Balaban J connectivity index is 1.32. The predicted molar refractivity (Wildman–Crippen MR) is 160 cm³/mol. The first-order valence-corrected chi connectivity index (χ1v) is 13.1. The molecule has 0 radical (unpaired) electrons. The third-order valence-corrected chi connectivity index (χ3v) is 7.97. The Morgan fingerprint density at radius 1 is 0.436 bits per heavy atom. The largest absolute Gasteiger partial charge is 0.438 e. The summed E-state index contributed by atoms with van der Waals surface area (Å²) in [4.78, 5) is 4.79. The topological polar surface area (TPSA) is 35.9 Å².